The second-order valence-corrected chi connectivity index (χ2v) is 7.40. The number of nitrogens with one attached hydrogen (secondary N) is 2. The average Bonchev–Trinajstić information content (AvgIpc) is 3.38. The number of hydrogen-bond donors (Lipinski definition) is 2. The van der Waals surface area contributed by atoms with Crippen LogP contribution in [0.25, 0.3) is 0 Å². The number of carbonyl (C=O) groups is 1. The van der Waals surface area contributed by atoms with Gasteiger partial charge in [-0.2, -0.15) is 0 Å². The molecule has 5 nitrogen and oxygen atoms in total. The van der Waals surface area contributed by atoms with Crippen LogP contribution < -0.4 is 10.0 Å². The van der Waals surface area contributed by atoms with Crippen LogP contribution in [0.1, 0.15) is 28.8 Å². The second-order valence-electron chi connectivity index (χ2n) is 5.72. The molecule has 1 saturated carbocycles. The SMILES string of the molecule is C#Cc1cccc(NC(=O)c2ccc(F)c(S(=O)(=O)NC3CC3)c2)c1. The van der Waals surface area contributed by atoms with E-state index in [4.69, 9.17) is 6.42 Å². The summed E-state index contributed by atoms with van der Waals surface area (Å²) in [4.78, 5) is 11.8. The molecular weight excluding hydrogens is 343 g/mol. The van der Waals surface area contributed by atoms with E-state index in [2.05, 4.69) is 16.0 Å². The van der Waals surface area contributed by atoms with Crippen LogP contribution in [-0.2, 0) is 10.0 Å². The van der Waals surface area contributed by atoms with Crippen molar-refractivity contribution in [1.82, 2.24) is 4.72 Å². The molecule has 0 spiro atoms. The topological polar surface area (TPSA) is 75.3 Å². The molecule has 1 aliphatic rings. The molecule has 0 radical (unpaired) electrons. The van der Waals surface area contributed by atoms with Gasteiger partial charge in [-0.25, -0.2) is 17.5 Å². The molecular formula is C18H15FN2O3S. The van der Waals surface area contributed by atoms with Gasteiger partial charge < -0.3 is 5.32 Å². The van der Waals surface area contributed by atoms with Crippen molar-refractivity contribution in [3.8, 4) is 12.3 Å². The third-order valence-electron chi connectivity index (χ3n) is 3.67. The van der Waals surface area contributed by atoms with Crippen LogP contribution in [0.2, 0.25) is 0 Å². The molecule has 1 aliphatic carbocycles. The van der Waals surface area contributed by atoms with Crippen molar-refractivity contribution >= 4 is 21.6 Å². The largest absolute Gasteiger partial charge is 0.322 e. The van der Waals surface area contributed by atoms with Gasteiger partial charge in [0.25, 0.3) is 5.91 Å². The third kappa shape index (κ3) is 4.05. The minimum atomic E-state index is -4.00. The number of halogens is 1. The lowest BCUT2D eigenvalue weighted by Gasteiger charge is -2.10. The van der Waals surface area contributed by atoms with E-state index < -0.39 is 26.6 Å². The summed E-state index contributed by atoms with van der Waals surface area (Å²) in [5, 5.41) is 2.61. The molecule has 0 bridgehead atoms. The van der Waals surface area contributed by atoms with Crippen molar-refractivity contribution in [2.24, 2.45) is 0 Å². The Bertz CT molecular complexity index is 976. The molecule has 0 unspecified atom stereocenters. The zero-order chi connectivity index (χ0) is 18.0. The highest BCUT2D eigenvalue weighted by Crippen LogP contribution is 2.24. The quantitative estimate of drug-likeness (QED) is 0.807. The number of amides is 1. The molecule has 1 fully saturated rings. The standard InChI is InChI=1S/C18H15FN2O3S/c1-2-12-4-3-5-15(10-12)20-18(22)13-6-9-16(19)17(11-13)25(23,24)21-14-7-8-14/h1,3-6,9-11,14,21H,7-8H2,(H,20,22). The summed E-state index contributed by atoms with van der Waals surface area (Å²) >= 11 is 0. The van der Waals surface area contributed by atoms with Crippen molar-refractivity contribution in [3.05, 3.63) is 59.4 Å². The molecule has 0 aliphatic heterocycles. The van der Waals surface area contributed by atoms with Gasteiger partial charge in [0.2, 0.25) is 10.0 Å². The summed E-state index contributed by atoms with van der Waals surface area (Å²) in [5.41, 5.74) is 1.09. The van der Waals surface area contributed by atoms with Crippen LogP contribution in [0, 0.1) is 18.2 Å². The number of terminal acetylenes is 1. The van der Waals surface area contributed by atoms with Gasteiger partial charge in [0.1, 0.15) is 10.7 Å². The maximum Gasteiger partial charge on any atom is 0.255 e. The first-order valence-electron chi connectivity index (χ1n) is 7.59. The van der Waals surface area contributed by atoms with Crippen LogP contribution in [0.3, 0.4) is 0 Å². The molecule has 2 aromatic carbocycles. The van der Waals surface area contributed by atoms with Gasteiger partial charge in [0, 0.05) is 22.9 Å². The number of anilines is 1. The summed E-state index contributed by atoms with van der Waals surface area (Å²) in [5.74, 6) is 0.990. The fourth-order valence-electron chi connectivity index (χ4n) is 2.22. The van der Waals surface area contributed by atoms with Crippen LogP contribution >= 0.6 is 0 Å². The lowest BCUT2D eigenvalue weighted by atomic mass is 10.2. The van der Waals surface area contributed by atoms with Gasteiger partial charge in [-0.3, -0.25) is 4.79 Å². The molecule has 2 aromatic rings. The predicted octanol–water partition coefficient (Wildman–Crippen LogP) is 2.50. The van der Waals surface area contributed by atoms with Gasteiger partial charge in [0.15, 0.2) is 0 Å². The molecule has 0 saturated heterocycles. The van der Waals surface area contributed by atoms with Gasteiger partial charge in [-0.15, -0.1) is 6.42 Å². The first-order valence-corrected chi connectivity index (χ1v) is 9.07. The average molecular weight is 358 g/mol. The van der Waals surface area contributed by atoms with E-state index in [0.29, 0.717) is 11.3 Å². The number of carbonyl (C=O) groups excluding carboxylic acids is 1. The Labute approximate surface area is 145 Å². The van der Waals surface area contributed by atoms with Crippen LogP contribution in [-0.4, -0.2) is 20.4 Å². The Morgan fingerprint density at radius 1 is 1.20 bits per heavy atom. The number of rotatable bonds is 5. The molecule has 1 amide bonds. The van der Waals surface area contributed by atoms with Crippen LogP contribution in [0.15, 0.2) is 47.4 Å². The fraction of sp³-hybridized carbons (Fsp3) is 0.167. The maximum absolute atomic E-state index is 14.0. The Kier molecular flexibility index (Phi) is 4.57. The van der Waals surface area contributed by atoms with Gasteiger partial charge in [-0.1, -0.05) is 12.0 Å². The minimum absolute atomic E-state index is 0.0312. The maximum atomic E-state index is 14.0. The zero-order valence-corrected chi connectivity index (χ0v) is 13.9. The summed E-state index contributed by atoms with van der Waals surface area (Å²) in [6.07, 6.45) is 6.77. The molecule has 7 heteroatoms. The van der Waals surface area contributed by atoms with Crippen molar-refractivity contribution in [1.29, 1.82) is 0 Å². The monoisotopic (exact) mass is 358 g/mol. The van der Waals surface area contributed by atoms with Crippen molar-refractivity contribution in [3.63, 3.8) is 0 Å². The molecule has 25 heavy (non-hydrogen) atoms. The highest BCUT2D eigenvalue weighted by molar-refractivity contribution is 7.89. The molecule has 2 N–H and O–H groups in total. The van der Waals surface area contributed by atoms with Gasteiger partial charge in [-0.05, 0) is 49.2 Å². The van der Waals surface area contributed by atoms with Gasteiger partial charge >= 0.3 is 0 Å². The predicted molar refractivity (Wildman–Crippen MR) is 92.1 cm³/mol. The van der Waals surface area contributed by atoms with Crippen LogP contribution in [0.5, 0.6) is 0 Å². The lowest BCUT2D eigenvalue weighted by Crippen LogP contribution is -2.27. The van der Waals surface area contributed by atoms with E-state index in [1.807, 2.05) is 0 Å². The summed E-state index contributed by atoms with van der Waals surface area (Å²) < 4.78 is 40.8. The number of sulfonamides is 1. The minimum Gasteiger partial charge on any atom is -0.322 e. The Balaban J connectivity index is 1.86. The van der Waals surface area contributed by atoms with Gasteiger partial charge in [0.05, 0.1) is 0 Å². The van der Waals surface area contributed by atoms with Crippen LogP contribution in [0.4, 0.5) is 10.1 Å². The van der Waals surface area contributed by atoms with Crippen molar-refractivity contribution in [2.75, 3.05) is 5.32 Å². The summed E-state index contributed by atoms with van der Waals surface area (Å²) in [7, 11) is -4.00. The van der Waals surface area contributed by atoms with E-state index in [1.165, 1.54) is 6.07 Å². The number of benzene rings is 2. The summed E-state index contributed by atoms with van der Waals surface area (Å²) in [6, 6.07) is 9.71. The van der Waals surface area contributed by atoms with E-state index in [0.717, 1.165) is 25.0 Å². The molecule has 0 atom stereocenters. The lowest BCUT2D eigenvalue weighted by molar-refractivity contribution is 0.102. The first kappa shape index (κ1) is 17.1. The third-order valence-corrected chi connectivity index (χ3v) is 5.20. The molecule has 128 valence electrons. The normalized spacial score (nSPS) is 13.9. The highest BCUT2D eigenvalue weighted by Gasteiger charge is 2.30. The molecule has 3 rings (SSSR count). The van der Waals surface area contributed by atoms with Crippen molar-refractivity contribution in [2.45, 2.75) is 23.8 Å². The molecule has 0 heterocycles. The van der Waals surface area contributed by atoms with E-state index >= 15 is 0 Å². The smallest absolute Gasteiger partial charge is 0.255 e. The van der Waals surface area contributed by atoms with E-state index in [9.17, 15) is 17.6 Å². The zero-order valence-electron chi connectivity index (χ0n) is 13.1. The Hall–Kier alpha value is -2.69. The van der Waals surface area contributed by atoms with E-state index in [-0.39, 0.29) is 11.6 Å². The summed E-state index contributed by atoms with van der Waals surface area (Å²) in [6.45, 7) is 0. The number of hydrogen-bond acceptors (Lipinski definition) is 3. The first-order chi connectivity index (χ1) is 11.9. The fourth-order valence-corrected chi connectivity index (χ4v) is 3.63. The molecule has 0 aromatic heterocycles. The Morgan fingerprint density at radius 3 is 2.64 bits per heavy atom. The highest BCUT2D eigenvalue weighted by atomic mass is 32.2. The van der Waals surface area contributed by atoms with E-state index in [1.54, 1.807) is 24.3 Å². The second kappa shape index (κ2) is 6.67. The Morgan fingerprint density at radius 2 is 1.96 bits per heavy atom. The van der Waals surface area contributed by atoms with Crippen molar-refractivity contribution < 1.29 is 17.6 Å².